The van der Waals surface area contributed by atoms with Crippen LogP contribution in [0.25, 0.3) is 11.1 Å². The highest BCUT2D eigenvalue weighted by Gasteiger charge is 2.43. The van der Waals surface area contributed by atoms with Gasteiger partial charge in [-0.1, -0.05) is 48.5 Å². The molecular weight excluding hydrogens is 402 g/mol. The Balaban J connectivity index is 1.34. The smallest absolute Gasteiger partial charge is 0.304 e. The Labute approximate surface area is 188 Å². The van der Waals surface area contributed by atoms with Crippen molar-refractivity contribution in [3.8, 4) is 11.1 Å². The first-order valence-electron chi connectivity index (χ1n) is 11.2. The molecule has 3 aromatic rings. The number of benzene rings is 2. The van der Waals surface area contributed by atoms with Gasteiger partial charge in [-0.2, -0.15) is 0 Å². The van der Waals surface area contributed by atoms with Crippen molar-refractivity contribution in [3.05, 3.63) is 83.9 Å². The summed E-state index contributed by atoms with van der Waals surface area (Å²) in [6.45, 7) is 2.57. The first kappa shape index (κ1) is 20.8. The minimum Gasteiger partial charge on any atom is -0.834 e. The topological polar surface area (TPSA) is 75.1 Å². The third-order valence-corrected chi connectivity index (χ3v) is 6.83. The molecule has 2 aliphatic rings. The standard InChI is InChI=1S/C26H27N3O3/c1-29(17-13-24-27-14-7-15-28-24)16-6-8-19(18-29)32-25(30)26(31)22-11-4-2-9-20(22)21-10-3-5-12-23(21)26/h2-5,7,9-12,14-15,19H,6,8,13,16-18H2,1H3/t19?,29-/m1/s1. The van der Waals surface area contributed by atoms with E-state index in [2.05, 4.69) is 17.0 Å². The molecule has 0 N–H and O–H groups in total. The summed E-state index contributed by atoms with van der Waals surface area (Å²) >= 11 is 0. The Morgan fingerprint density at radius 3 is 2.34 bits per heavy atom. The summed E-state index contributed by atoms with van der Waals surface area (Å²) in [6, 6.07) is 16.5. The zero-order chi connectivity index (χ0) is 22.2. The number of quaternary nitrogens is 1. The minimum absolute atomic E-state index is 0.274. The fraction of sp³-hybridized carbons (Fsp3) is 0.346. The Hall–Kier alpha value is -3.09. The van der Waals surface area contributed by atoms with Gasteiger partial charge in [0.05, 0.1) is 26.6 Å². The van der Waals surface area contributed by atoms with Gasteiger partial charge in [0.2, 0.25) is 0 Å². The predicted molar refractivity (Wildman–Crippen MR) is 118 cm³/mol. The molecule has 1 unspecified atom stereocenters. The summed E-state index contributed by atoms with van der Waals surface area (Å²) in [5.41, 5.74) is 0.594. The van der Waals surface area contributed by atoms with Crippen LogP contribution in [-0.4, -0.2) is 53.2 Å². The summed E-state index contributed by atoms with van der Waals surface area (Å²) in [5, 5.41) is 14.1. The number of aromatic nitrogens is 2. The summed E-state index contributed by atoms with van der Waals surface area (Å²) in [5.74, 6) is 0.128. The van der Waals surface area contributed by atoms with Crippen molar-refractivity contribution in [1.82, 2.24) is 9.97 Å². The lowest BCUT2D eigenvalue weighted by atomic mass is 9.91. The molecule has 2 heterocycles. The first-order chi connectivity index (χ1) is 15.5. The van der Waals surface area contributed by atoms with Crippen LogP contribution in [0.5, 0.6) is 0 Å². The summed E-state index contributed by atoms with van der Waals surface area (Å²) in [6.07, 6.45) is 5.74. The van der Waals surface area contributed by atoms with Gasteiger partial charge in [-0.05, 0) is 34.7 Å². The van der Waals surface area contributed by atoms with Crippen molar-refractivity contribution < 1.29 is 19.1 Å². The van der Waals surface area contributed by atoms with Gasteiger partial charge in [-0.15, -0.1) is 0 Å². The van der Waals surface area contributed by atoms with E-state index in [1.807, 2.05) is 42.5 Å². The number of nitrogens with zero attached hydrogens (tertiary/aromatic N) is 3. The SMILES string of the molecule is C[N@+]1(CCc2ncccn2)CCCC(OC(=O)C2([O-])c3ccccc3-c3ccccc32)C1. The lowest BCUT2D eigenvalue weighted by Crippen LogP contribution is -2.56. The second kappa shape index (κ2) is 8.11. The number of likely N-dealkylation sites (N-methyl/N-ethyl adjacent to an activating group) is 1. The number of carbonyl (C=O) groups is 1. The summed E-state index contributed by atoms with van der Waals surface area (Å²) in [4.78, 5) is 22.0. The van der Waals surface area contributed by atoms with Crippen molar-refractivity contribution in [1.29, 1.82) is 0 Å². The van der Waals surface area contributed by atoms with Crippen molar-refractivity contribution in [3.63, 3.8) is 0 Å². The van der Waals surface area contributed by atoms with Crippen molar-refractivity contribution >= 4 is 5.97 Å². The lowest BCUT2D eigenvalue weighted by Gasteiger charge is -2.43. The average Bonchev–Trinajstić information content (AvgIpc) is 3.09. The predicted octanol–water partition coefficient (Wildman–Crippen LogP) is 2.46. The van der Waals surface area contributed by atoms with Gasteiger partial charge in [0.25, 0.3) is 0 Å². The van der Waals surface area contributed by atoms with Gasteiger partial charge < -0.3 is 14.3 Å². The van der Waals surface area contributed by atoms with E-state index in [-0.39, 0.29) is 6.10 Å². The molecule has 6 nitrogen and oxygen atoms in total. The van der Waals surface area contributed by atoms with E-state index in [1.165, 1.54) is 0 Å². The van der Waals surface area contributed by atoms with Gasteiger partial charge in [0.15, 0.2) is 6.10 Å². The molecule has 0 bridgehead atoms. The highest BCUT2D eigenvalue weighted by atomic mass is 16.6. The zero-order valence-corrected chi connectivity index (χ0v) is 18.2. The molecule has 0 radical (unpaired) electrons. The van der Waals surface area contributed by atoms with Crippen LogP contribution < -0.4 is 5.11 Å². The van der Waals surface area contributed by atoms with E-state index >= 15 is 0 Å². The first-order valence-corrected chi connectivity index (χ1v) is 11.2. The second-order valence-electron chi connectivity index (χ2n) is 9.11. The minimum atomic E-state index is -2.02. The lowest BCUT2D eigenvalue weighted by molar-refractivity contribution is -0.916. The maximum Gasteiger partial charge on any atom is 0.304 e. The van der Waals surface area contributed by atoms with Crippen molar-refractivity contribution in [2.24, 2.45) is 0 Å². The average molecular weight is 430 g/mol. The number of ether oxygens (including phenoxy) is 1. The van der Waals surface area contributed by atoms with E-state index < -0.39 is 11.6 Å². The Kier molecular flexibility index (Phi) is 5.27. The van der Waals surface area contributed by atoms with Gasteiger partial charge in [0.1, 0.15) is 12.4 Å². The summed E-state index contributed by atoms with van der Waals surface area (Å²) in [7, 11) is 2.18. The Morgan fingerprint density at radius 1 is 1.06 bits per heavy atom. The number of carbonyl (C=O) groups excluding carboxylic acids is 1. The number of piperidine rings is 1. The third-order valence-electron chi connectivity index (χ3n) is 6.83. The molecule has 32 heavy (non-hydrogen) atoms. The molecule has 2 aromatic carbocycles. The number of hydrogen-bond acceptors (Lipinski definition) is 5. The van der Waals surface area contributed by atoms with Crippen LogP contribution in [0.3, 0.4) is 0 Å². The van der Waals surface area contributed by atoms with E-state index in [1.54, 1.807) is 24.5 Å². The van der Waals surface area contributed by atoms with Crippen LogP contribution >= 0.6 is 0 Å². The normalized spacial score (nSPS) is 23.2. The van der Waals surface area contributed by atoms with E-state index in [9.17, 15) is 9.90 Å². The fourth-order valence-electron chi connectivity index (χ4n) is 5.15. The van der Waals surface area contributed by atoms with Gasteiger partial charge in [-0.25, -0.2) is 9.97 Å². The molecule has 5 rings (SSSR count). The molecule has 1 saturated heterocycles. The molecule has 0 saturated carbocycles. The molecule has 1 aliphatic carbocycles. The molecule has 1 aliphatic heterocycles. The molecule has 0 amide bonds. The molecule has 1 fully saturated rings. The number of fused-ring (bicyclic) bond motifs is 3. The van der Waals surface area contributed by atoms with Crippen molar-refractivity contribution in [2.45, 2.75) is 31.0 Å². The fourth-order valence-corrected chi connectivity index (χ4v) is 5.15. The third kappa shape index (κ3) is 3.59. The molecular formula is C26H27N3O3. The Morgan fingerprint density at radius 2 is 1.69 bits per heavy atom. The molecule has 164 valence electrons. The zero-order valence-electron chi connectivity index (χ0n) is 18.2. The summed E-state index contributed by atoms with van der Waals surface area (Å²) < 4.78 is 6.71. The molecule has 2 atom stereocenters. The largest absolute Gasteiger partial charge is 0.834 e. The number of rotatable bonds is 5. The van der Waals surface area contributed by atoms with Crippen LogP contribution in [0, 0.1) is 0 Å². The van der Waals surface area contributed by atoms with E-state index in [0.29, 0.717) is 17.7 Å². The highest BCUT2D eigenvalue weighted by Crippen LogP contribution is 2.46. The molecule has 1 aromatic heterocycles. The number of likely N-dealkylation sites (tertiary alicyclic amines) is 1. The van der Waals surface area contributed by atoms with E-state index in [0.717, 1.165) is 53.8 Å². The van der Waals surface area contributed by atoms with Crippen LogP contribution in [0.4, 0.5) is 0 Å². The number of esters is 1. The van der Waals surface area contributed by atoms with Crippen LogP contribution in [-0.2, 0) is 21.6 Å². The van der Waals surface area contributed by atoms with Gasteiger partial charge >= 0.3 is 5.97 Å². The van der Waals surface area contributed by atoms with Crippen molar-refractivity contribution in [2.75, 3.05) is 26.7 Å². The van der Waals surface area contributed by atoms with Crippen LogP contribution in [0.1, 0.15) is 29.8 Å². The molecule has 0 spiro atoms. The van der Waals surface area contributed by atoms with Gasteiger partial charge in [-0.3, -0.25) is 4.79 Å². The number of hydrogen-bond donors (Lipinski definition) is 0. The monoisotopic (exact) mass is 429 g/mol. The quantitative estimate of drug-likeness (QED) is 0.460. The Bertz CT molecular complexity index is 1090. The van der Waals surface area contributed by atoms with Gasteiger partial charge in [0, 0.05) is 24.4 Å². The maximum atomic E-state index is 14.1. The maximum absolute atomic E-state index is 14.1. The second-order valence-corrected chi connectivity index (χ2v) is 9.11. The van der Waals surface area contributed by atoms with E-state index in [4.69, 9.17) is 4.74 Å². The van der Waals surface area contributed by atoms with Crippen LogP contribution in [0.15, 0.2) is 67.0 Å². The molecule has 6 heteroatoms. The highest BCUT2D eigenvalue weighted by molar-refractivity contribution is 5.95. The van der Waals surface area contributed by atoms with Crippen LogP contribution in [0.2, 0.25) is 0 Å².